The molecular weight excluding hydrogens is 396 g/mol. The molecule has 1 amide bonds. The summed E-state index contributed by atoms with van der Waals surface area (Å²) in [6.45, 7) is 5.33. The maximum Gasteiger partial charge on any atom is 0.251 e. The van der Waals surface area contributed by atoms with E-state index in [0.717, 1.165) is 37.7 Å². The summed E-state index contributed by atoms with van der Waals surface area (Å²) in [6, 6.07) is 16.2. The van der Waals surface area contributed by atoms with Gasteiger partial charge in [0.15, 0.2) is 0 Å². The number of sulfonamides is 1. The Hall–Kier alpha value is -2.18. The lowest BCUT2D eigenvalue weighted by Crippen LogP contribution is -2.32. The molecule has 2 aromatic carbocycles. The third-order valence-corrected chi connectivity index (χ3v) is 7.41. The number of amides is 1. The zero-order valence-corrected chi connectivity index (χ0v) is 18.7. The Bertz CT molecular complexity index is 934. The fourth-order valence-electron chi connectivity index (χ4n) is 3.91. The van der Waals surface area contributed by atoms with E-state index in [9.17, 15) is 13.2 Å². The monoisotopic (exact) mass is 428 g/mol. The largest absolute Gasteiger partial charge is 0.345 e. The molecule has 1 fully saturated rings. The number of nitrogens with one attached hydrogen (secondary N) is 1. The Morgan fingerprint density at radius 2 is 1.63 bits per heavy atom. The lowest BCUT2D eigenvalue weighted by atomic mass is 9.96. The van der Waals surface area contributed by atoms with Gasteiger partial charge in [-0.15, -0.1) is 0 Å². The van der Waals surface area contributed by atoms with E-state index in [0.29, 0.717) is 24.6 Å². The van der Waals surface area contributed by atoms with Crippen LogP contribution in [0, 0.1) is 5.92 Å². The third kappa shape index (κ3) is 5.70. The van der Waals surface area contributed by atoms with Crippen LogP contribution in [0.5, 0.6) is 0 Å². The molecule has 3 rings (SSSR count). The number of hydrogen-bond donors (Lipinski definition) is 1. The average molecular weight is 429 g/mol. The van der Waals surface area contributed by atoms with Gasteiger partial charge in [-0.3, -0.25) is 4.79 Å². The molecule has 30 heavy (non-hydrogen) atoms. The fraction of sp³-hybridized carbons (Fsp3) is 0.458. The summed E-state index contributed by atoms with van der Waals surface area (Å²) in [5, 5.41) is 3.10. The summed E-state index contributed by atoms with van der Waals surface area (Å²) >= 11 is 0. The maximum atomic E-state index is 13.1. The van der Waals surface area contributed by atoms with E-state index >= 15 is 0 Å². The highest BCUT2D eigenvalue weighted by molar-refractivity contribution is 7.89. The first-order chi connectivity index (χ1) is 14.4. The van der Waals surface area contributed by atoms with Crippen LogP contribution in [-0.4, -0.2) is 31.7 Å². The summed E-state index contributed by atoms with van der Waals surface area (Å²) in [5.74, 6) is 0.155. The van der Waals surface area contributed by atoms with Gasteiger partial charge in [-0.05, 0) is 48.9 Å². The van der Waals surface area contributed by atoms with E-state index in [4.69, 9.17) is 0 Å². The van der Waals surface area contributed by atoms with Crippen molar-refractivity contribution in [3.05, 3.63) is 65.7 Å². The predicted molar refractivity (Wildman–Crippen MR) is 120 cm³/mol. The molecule has 0 radical (unpaired) electrons. The van der Waals surface area contributed by atoms with Crippen LogP contribution >= 0.6 is 0 Å². The van der Waals surface area contributed by atoms with Crippen molar-refractivity contribution in [2.75, 3.05) is 13.1 Å². The summed E-state index contributed by atoms with van der Waals surface area (Å²) < 4.78 is 27.8. The smallest absolute Gasteiger partial charge is 0.251 e. The highest BCUT2D eigenvalue weighted by atomic mass is 32.2. The predicted octanol–water partition coefficient (Wildman–Crippen LogP) is 4.77. The van der Waals surface area contributed by atoms with Crippen LogP contribution in [0.4, 0.5) is 0 Å². The Morgan fingerprint density at radius 3 is 2.27 bits per heavy atom. The zero-order valence-electron chi connectivity index (χ0n) is 17.9. The van der Waals surface area contributed by atoms with Crippen LogP contribution in [0.25, 0.3) is 0 Å². The van der Waals surface area contributed by atoms with Crippen molar-refractivity contribution in [2.24, 2.45) is 5.92 Å². The van der Waals surface area contributed by atoms with Gasteiger partial charge >= 0.3 is 0 Å². The lowest BCUT2D eigenvalue weighted by Gasteiger charge is -2.22. The van der Waals surface area contributed by atoms with Crippen molar-refractivity contribution in [2.45, 2.75) is 56.9 Å². The number of rotatable bonds is 7. The molecule has 1 saturated heterocycles. The van der Waals surface area contributed by atoms with Crippen molar-refractivity contribution in [3.8, 4) is 0 Å². The van der Waals surface area contributed by atoms with Gasteiger partial charge in [0.1, 0.15) is 0 Å². The van der Waals surface area contributed by atoms with Crippen LogP contribution in [0.3, 0.4) is 0 Å². The van der Waals surface area contributed by atoms with Crippen molar-refractivity contribution in [1.29, 1.82) is 0 Å². The minimum absolute atomic E-state index is 0.121. The van der Waals surface area contributed by atoms with Gasteiger partial charge in [-0.25, -0.2) is 8.42 Å². The molecule has 0 unspecified atom stereocenters. The number of carbonyl (C=O) groups is 1. The molecule has 1 aliphatic rings. The van der Waals surface area contributed by atoms with Crippen LogP contribution < -0.4 is 5.32 Å². The molecule has 0 saturated carbocycles. The standard InChI is InChI=1S/C24H32N2O3S/c1-19(2)17-23(20-11-6-5-7-12-20)25-24(27)21-13-10-14-22(18-21)30(28,29)26-15-8-3-4-9-16-26/h5-7,10-14,18-19,23H,3-4,8-9,15-17H2,1-2H3,(H,25,27)/t23-/m0/s1. The van der Waals surface area contributed by atoms with E-state index in [1.807, 2.05) is 30.3 Å². The molecule has 1 N–H and O–H groups in total. The summed E-state index contributed by atoms with van der Waals surface area (Å²) in [5.41, 5.74) is 1.42. The third-order valence-electron chi connectivity index (χ3n) is 5.51. The molecule has 1 aliphatic heterocycles. The van der Waals surface area contributed by atoms with Gasteiger partial charge in [0, 0.05) is 18.7 Å². The topological polar surface area (TPSA) is 66.5 Å². The SMILES string of the molecule is CC(C)C[C@H](NC(=O)c1cccc(S(=O)(=O)N2CCCCCC2)c1)c1ccccc1. The number of carbonyl (C=O) groups excluding carboxylic acids is 1. The first kappa shape index (κ1) is 22.5. The van der Waals surface area contributed by atoms with Crippen LogP contribution in [0.15, 0.2) is 59.5 Å². The Kier molecular flexibility index (Phi) is 7.67. The maximum absolute atomic E-state index is 13.1. The van der Waals surface area contributed by atoms with Gasteiger partial charge in [0.2, 0.25) is 10.0 Å². The van der Waals surface area contributed by atoms with Gasteiger partial charge < -0.3 is 5.32 Å². The Labute approximate surface area is 180 Å². The first-order valence-corrected chi connectivity index (χ1v) is 12.3. The van der Waals surface area contributed by atoms with Gasteiger partial charge in [-0.1, -0.05) is 63.1 Å². The first-order valence-electron chi connectivity index (χ1n) is 10.8. The van der Waals surface area contributed by atoms with Crippen LogP contribution in [0.1, 0.15) is 67.9 Å². The molecule has 6 heteroatoms. The van der Waals surface area contributed by atoms with E-state index in [1.54, 1.807) is 22.5 Å². The lowest BCUT2D eigenvalue weighted by molar-refractivity contribution is 0.0931. The normalized spacial score (nSPS) is 16.8. The summed E-state index contributed by atoms with van der Waals surface area (Å²) in [6.07, 6.45) is 4.69. The molecule has 0 spiro atoms. The number of hydrogen-bond acceptors (Lipinski definition) is 3. The number of benzene rings is 2. The molecule has 162 valence electrons. The quantitative estimate of drug-likeness (QED) is 0.691. The van der Waals surface area contributed by atoms with Crippen LogP contribution in [-0.2, 0) is 10.0 Å². The molecule has 2 aromatic rings. The van der Waals surface area contributed by atoms with Crippen molar-refractivity contribution >= 4 is 15.9 Å². The molecule has 5 nitrogen and oxygen atoms in total. The molecule has 1 atom stereocenters. The molecule has 0 bridgehead atoms. The second-order valence-electron chi connectivity index (χ2n) is 8.41. The van der Waals surface area contributed by atoms with Crippen molar-refractivity contribution in [3.63, 3.8) is 0 Å². The Morgan fingerprint density at radius 1 is 0.967 bits per heavy atom. The van der Waals surface area contributed by atoms with E-state index in [2.05, 4.69) is 19.2 Å². The van der Waals surface area contributed by atoms with Gasteiger partial charge in [0.25, 0.3) is 5.91 Å². The van der Waals surface area contributed by atoms with Gasteiger partial charge in [-0.2, -0.15) is 4.31 Å². The van der Waals surface area contributed by atoms with Gasteiger partial charge in [0.05, 0.1) is 10.9 Å². The van der Waals surface area contributed by atoms with Crippen molar-refractivity contribution in [1.82, 2.24) is 9.62 Å². The second kappa shape index (κ2) is 10.2. The fourth-order valence-corrected chi connectivity index (χ4v) is 5.47. The van der Waals surface area contributed by atoms with Crippen LogP contribution in [0.2, 0.25) is 0 Å². The molecule has 0 aliphatic carbocycles. The molecule has 1 heterocycles. The minimum atomic E-state index is -3.59. The van der Waals surface area contributed by atoms with E-state index < -0.39 is 10.0 Å². The minimum Gasteiger partial charge on any atom is -0.345 e. The molecular formula is C24H32N2O3S. The summed E-state index contributed by atoms with van der Waals surface area (Å²) in [4.78, 5) is 13.2. The summed E-state index contributed by atoms with van der Waals surface area (Å²) in [7, 11) is -3.59. The van der Waals surface area contributed by atoms with Crippen molar-refractivity contribution < 1.29 is 13.2 Å². The zero-order chi connectivity index (χ0) is 21.6. The Balaban J connectivity index is 1.81. The van der Waals surface area contributed by atoms with E-state index in [1.165, 1.54) is 6.07 Å². The highest BCUT2D eigenvalue weighted by Gasteiger charge is 2.26. The average Bonchev–Trinajstić information content (AvgIpc) is 3.04. The number of nitrogens with zero attached hydrogens (tertiary/aromatic N) is 1. The second-order valence-corrected chi connectivity index (χ2v) is 10.4. The highest BCUT2D eigenvalue weighted by Crippen LogP contribution is 2.24. The van der Waals surface area contributed by atoms with E-state index in [-0.39, 0.29) is 16.8 Å². The molecule has 0 aromatic heterocycles.